The highest BCUT2D eigenvalue weighted by Gasteiger charge is 2.09. The van der Waals surface area contributed by atoms with Crippen LogP contribution in [0.1, 0.15) is 11.1 Å². The number of anilines is 1. The van der Waals surface area contributed by atoms with E-state index < -0.39 is 0 Å². The molecule has 1 aliphatic heterocycles. The maximum Gasteiger partial charge on any atom is 0.248 e. The van der Waals surface area contributed by atoms with Crippen LogP contribution in [0.5, 0.6) is 0 Å². The van der Waals surface area contributed by atoms with Gasteiger partial charge in [-0.2, -0.15) is 0 Å². The van der Waals surface area contributed by atoms with Crippen molar-refractivity contribution < 1.29 is 4.79 Å². The summed E-state index contributed by atoms with van der Waals surface area (Å²) in [4.78, 5) is 13.7. The smallest absolute Gasteiger partial charge is 0.248 e. The number of rotatable bonds is 4. The summed E-state index contributed by atoms with van der Waals surface area (Å²) in [5.41, 5.74) is 3.52. The van der Waals surface area contributed by atoms with E-state index in [4.69, 9.17) is 0 Å². The molecule has 0 unspecified atom stereocenters. The van der Waals surface area contributed by atoms with Crippen LogP contribution in [0.2, 0.25) is 0 Å². The summed E-state index contributed by atoms with van der Waals surface area (Å²) in [6.07, 6.45) is 4.50. The zero-order chi connectivity index (χ0) is 13.7. The minimum absolute atomic E-state index is 0. The molecule has 0 aliphatic carbocycles. The largest absolute Gasteiger partial charge is 0.323 e. The molecule has 0 radical (unpaired) electrons. The minimum atomic E-state index is -0.0782. The Morgan fingerprint density at radius 2 is 2.20 bits per heavy atom. The van der Waals surface area contributed by atoms with Gasteiger partial charge in [-0.25, -0.2) is 0 Å². The van der Waals surface area contributed by atoms with Crippen molar-refractivity contribution >= 4 is 24.0 Å². The molecule has 20 heavy (non-hydrogen) atoms. The molecule has 2 N–H and O–H groups in total. The van der Waals surface area contributed by atoms with E-state index >= 15 is 0 Å². The Labute approximate surface area is 126 Å². The third-order valence-electron chi connectivity index (χ3n) is 3.10. The average molecular weight is 296 g/mol. The van der Waals surface area contributed by atoms with Gasteiger partial charge in [0.2, 0.25) is 5.91 Å². The number of likely N-dealkylation sites (N-methyl/N-ethyl adjacent to an activating group) is 1. The van der Waals surface area contributed by atoms with E-state index in [9.17, 15) is 4.79 Å². The third-order valence-corrected chi connectivity index (χ3v) is 3.10. The van der Waals surface area contributed by atoms with Crippen molar-refractivity contribution in [2.45, 2.75) is 13.0 Å². The van der Waals surface area contributed by atoms with Gasteiger partial charge in [0.05, 0.1) is 0 Å². The van der Waals surface area contributed by atoms with Crippen LogP contribution in [0.25, 0.3) is 0 Å². The second kappa shape index (κ2) is 8.04. The van der Waals surface area contributed by atoms with Gasteiger partial charge in [-0.1, -0.05) is 12.1 Å². The Morgan fingerprint density at radius 3 is 2.95 bits per heavy atom. The van der Waals surface area contributed by atoms with Gasteiger partial charge in [-0.15, -0.1) is 12.4 Å². The lowest BCUT2D eigenvalue weighted by Crippen LogP contribution is -2.23. The topological polar surface area (TPSA) is 44.4 Å². The van der Waals surface area contributed by atoms with Crippen molar-refractivity contribution in [3.8, 4) is 0 Å². The molecular formula is C15H22ClN3O. The average Bonchev–Trinajstić information content (AvgIpc) is 2.38. The second-order valence-corrected chi connectivity index (χ2v) is 5.06. The van der Waals surface area contributed by atoms with Gasteiger partial charge in [0.1, 0.15) is 0 Å². The normalized spacial score (nSPS) is 13.9. The highest BCUT2D eigenvalue weighted by Crippen LogP contribution is 2.18. The lowest BCUT2D eigenvalue weighted by Gasteiger charge is -2.17. The van der Waals surface area contributed by atoms with Gasteiger partial charge >= 0.3 is 0 Å². The maximum absolute atomic E-state index is 11.7. The molecule has 1 aromatic carbocycles. The molecule has 0 fully saturated rings. The molecule has 0 aromatic heterocycles. The number of carbonyl (C=O) groups is 1. The van der Waals surface area contributed by atoms with Crippen molar-refractivity contribution in [2.75, 3.05) is 32.5 Å². The van der Waals surface area contributed by atoms with Crippen LogP contribution in [-0.2, 0) is 17.8 Å². The molecule has 0 saturated heterocycles. The van der Waals surface area contributed by atoms with Crippen LogP contribution in [0.4, 0.5) is 5.69 Å². The van der Waals surface area contributed by atoms with Crippen LogP contribution in [0, 0.1) is 0 Å². The second-order valence-electron chi connectivity index (χ2n) is 5.06. The quantitative estimate of drug-likeness (QED) is 0.833. The predicted molar refractivity (Wildman–Crippen MR) is 85.4 cm³/mol. The molecule has 1 heterocycles. The first-order chi connectivity index (χ1) is 9.15. The summed E-state index contributed by atoms with van der Waals surface area (Å²) in [6, 6.07) is 6.14. The van der Waals surface area contributed by atoms with E-state index in [1.807, 2.05) is 31.1 Å². The Bertz CT molecular complexity index is 486. The SMILES string of the molecule is CN(C)C/C=C/C(=O)Nc1ccc2c(c1)CNCC2.Cl. The van der Waals surface area contributed by atoms with Crippen molar-refractivity contribution in [3.63, 3.8) is 0 Å². The zero-order valence-electron chi connectivity index (χ0n) is 12.0. The van der Waals surface area contributed by atoms with Crippen LogP contribution in [0.15, 0.2) is 30.4 Å². The van der Waals surface area contributed by atoms with E-state index in [1.54, 1.807) is 6.08 Å². The molecule has 4 nitrogen and oxygen atoms in total. The van der Waals surface area contributed by atoms with Crippen LogP contribution in [-0.4, -0.2) is 38.0 Å². The number of hydrogen-bond donors (Lipinski definition) is 2. The fourth-order valence-electron chi connectivity index (χ4n) is 2.11. The van der Waals surface area contributed by atoms with Crippen LogP contribution < -0.4 is 10.6 Å². The number of amides is 1. The Morgan fingerprint density at radius 1 is 1.40 bits per heavy atom. The molecule has 0 atom stereocenters. The molecule has 0 spiro atoms. The summed E-state index contributed by atoms with van der Waals surface area (Å²) < 4.78 is 0. The lowest BCUT2D eigenvalue weighted by atomic mass is 10.0. The first-order valence-electron chi connectivity index (χ1n) is 6.60. The summed E-state index contributed by atoms with van der Waals surface area (Å²) in [6.45, 7) is 2.68. The van der Waals surface area contributed by atoms with Crippen molar-refractivity contribution in [2.24, 2.45) is 0 Å². The number of nitrogens with zero attached hydrogens (tertiary/aromatic N) is 1. The van der Waals surface area contributed by atoms with E-state index in [0.717, 1.165) is 31.7 Å². The van der Waals surface area contributed by atoms with E-state index in [1.165, 1.54) is 11.1 Å². The van der Waals surface area contributed by atoms with E-state index in [0.29, 0.717) is 0 Å². The number of hydrogen-bond acceptors (Lipinski definition) is 3. The van der Waals surface area contributed by atoms with Gasteiger partial charge in [-0.05, 0) is 50.3 Å². The fraction of sp³-hybridized carbons (Fsp3) is 0.400. The fourth-order valence-corrected chi connectivity index (χ4v) is 2.11. The Balaban J connectivity index is 0.00000200. The number of nitrogens with one attached hydrogen (secondary N) is 2. The van der Waals surface area contributed by atoms with E-state index in [-0.39, 0.29) is 18.3 Å². The zero-order valence-corrected chi connectivity index (χ0v) is 12.8. The lowest BCUT2D eigenvalue weighted by molar-refractivity contribution is -0.111. The Kier molecular flexibility index (Phi) is 6.71. The van der Waals surface area contributed by atoms with Crippen LogP contribution in [0.3, 0.4) is 0 Å². The number of carbonyl (C=O) groups excluding carboxylic acids is 1. The highest BCUT2D eigenvalue weighted by atomic mass is 35.5. The van der Waals surface area contributed by atoms with E-state index in [2.05, 4.69) is 22.8 Å². The molecule has 5 heteroatoms. The van der Waals surface area contributed by atoms with Gasteiger partial charge < -0.3 is 15.5 Å². The first-order valence-corrected chi connectivity index (χ1v) is 6.60. The maximum atomic E-state index is 11.7. The first kappa shape index (κ1) is 16.7. The predicted octanol–water partition coefficient (Wildman–Crippen LogP) is 1.81. The standard InChI is InChI=1S/C15H21N3O.ClH/c1-18(2)9-3-4-15(19)17-14-6-5-12-7-8-16-11-13(12)10-14;/h3-6,10,16H,7-9,11H2,1-2H3,(H,17,19);1H/b4-3+;. The van der Waals surface area contributed by atoms with Gasteiger partial charge in [0, 0.05) is 24.9 Å². The number of halogens is 1. The minimum Gasteiger partial charge on any atom is -0.323 e. The summed E-state index contributed by atoms with van der Waals surface area (Å²) in [5, 5.41) is 6.23. The molecule has 2 rings (SSSR count). The monoisotopic (exact) mass is 295 g/mol. The molecule has 1 aliphatic rings. The molecule has 0 bridgehead atoms. The van der Waals surface area contributed by atoms with Gasteiger partial charge in [-0.3, -0.25) is 4.79 Å². The molecule has 1 amide bonds. The van der Waals surface area contributed by atoms with Gasteiger partial charge in [0.25, 0.3) is 0 Å². The molecule has 0 saturated carbocycles. The summed E-state index contributed by atoms with van der Waals surface area (Å²) in [5.74, 6) is -0.0782. The summed E-state index contributed by atoms with van der Waals surface area (Å²) >= 11 is 0. The molecule has 110 valence electrons. The third kappa shape index (κ3) is 4.96. The molecule has 1 aromatic rings. The Hall–Kier alpha value is -1.36. The highest BCUT2D eigenvalue weighted by molar-refractivity contribution is 5.99. The number of benzene rings is 1. The van der Waals surface area contributed by atoms with Crippen molar-refractivity contribution in [1.82, 2.24) is 10.2 Å². The summed E-state index contributed by atoms with van der Waals surface area (Å²) in [7, 11) is 3.94. The van der Waals surface area contributed by atoms with Crippen molar-refractivity contribution in [3.05, 3.63) is 41.5 Å². The molecular weight excluding hydrogens is 274 g/mol. The van der Waals surface area contributed by atoms with Gasteiger partial charge in [0.15, 0.2) is 0 Å². The van der Waals surface area contributed by atoms with Crippen molar-refractivity contribution in [1.29, 1.82) is 0 Å². The van der Waals surface area contributed by atoms with Crippen LogP contribution >= 0.6 is 12.4 Å². The number of fused-ring (bicyclic) bond motifs is 1.